The Labute approximate surface area is 233 Å². The van der Waals surface area contributed by atoms with Gasteiger partial charge in [-0.3, -0.25) is 10.1 Å². The normalized spacial score (nSPS) is 17.1. The van der Waals surface area contributed by atoms with Crippen molar-refractivity contribution in [2.75, 3.05) is 7.11 Å². The molecule has 0 radical (unpaired) electrons. The zero-order valence-corrected chi connectivity index (χ0v) is 22.8. The highest BCUT2D eigenvalue weighted by Crippen LogP contribution is 2.32. The van der Waals surface area contributed by atoms with Gasteiger partial charge in [0, 0.05) is 23.6 Å². The zero-order chi connectivity index (χ0) is 27.8. The molecule has 1 aliphatic rings. The van der Waals surface area contributed by atoms with E-state index in [4.69, 9.17) is 26.3 Å². The minimum Gasteiger partial charge on any atom is -0.469 e. The summed E-state index contributed by atoms with van der Waals surface area (Å²) in [5.74, 6) is -0.335. The maximum Gasteiger partial charge on any atom is 0.305 e. The molecule has 204 valence electrons. The second-order valence-electron chi connectivity index (χ2n) is 9.55. The molecule has 1 heterocycles. The highest BCUT2D eigenvalue weighted by molar-refractivity contribution is 6.25. The van der Waals surface area contributed by atoms with E-state index in [2.05, 4.69) is 24.0 Å². The van der Waals surface area contributed by atoms with Crippen molar-refractivity contribution in [3.05, 3.63) is 101 Å². The summed E-state index contributed by atoms with van der Waals surface area (Å²) in [7, 11) is 1.34. The lowest BCUT2D eigenvalue weighted by Gasteiger charge is -2.29. The molecule has 0 saturated carbocycles. The Hall–Kier alpha value is -3.36. The van der Waals surface area contributed by atoms with Crippen molar-refractivity contribution in [2.24, 2.45) is 0 Å². The van der Waals surface area contributed by atoms with Gasteiger partial charge in [0.25, 0.3) is 0 Å². The van der Waals surface area contributed by atoms with E-state index >= 15 is 0 Å². The smallest absolute Gasteiger partial charge is 0.305 e. The average molecular weight is 548 g/mol. The minimum atomic E-state index is -0.977. The number of carbonyl (C=O) groups is 1. The van der Waals surface area contributed by atoms with Crippen LogP contribution in [0.4, 0.5) is 0 Å². The number of hydrogen-bond donors (Lipinski definition) is 3. The molecule has 0 saturated heterocycles. The number of rotatable bonds is 11. The minimum absolute atomic E-state index is 0.0524. The van der Waals surface area contributed by atoms with Crippen LogP contribution in [-0.2, 0) is 16.0 Å². The molecule has 1 aromatic heterocycles. The molecular formula is C31H34ClN3O4. The van der Waals surface area contributed by atoms with Crippen LogP contribution in [0.5, 0.6) is 0 Å². The molecule has 2 aromatic carbocycles. The second-order valence-corrected chi connectivity index (χ2v) is 9.80. The van der Waals surface area contributed by atoms with Crippen molar-refractivity contribution in [2.45, 2.75) is 56.9 Å². The molecule has 0 aliphatic heterocycles. The van der Waals surface area contributed by atoms with E-state index in [1.165, 1.54) is 23.8 Å². The number of hydrogen-bond acceptors (Lipinski definition) is 7. The maximum absolute atomic E-state index is 11.6. The zero-order valence-electron chi connectivity index (χ0n) is 22.0. The lowest BCUT2D eigenvalue weighted by molar-refractivity contribution is -0.140. The maximum atomic E-state index is 11.6. The third kappa shape index (κ3) is 6.99. The highest BCUT2D eigenvalue weighted by atomic mass is 35.5. The molecule has 0 amide bonds. The predicted molar refractivity (Wildman–Crippen MR) is 154 cm³/mol. The van der Waals surface area contributed by atoms with Crippen LogP contribution in [0.1, 0.15) is 78.6 Å². The lowest BCUT2D eigenvalue weighted by atomic mass is 9.87. The molecule has 3 N–H and O–H groups in total. The summed E-state index contributed by atoms with van der Waals surface area (Å²) < 4.78 is 4.71. The molecular weight excluding hydrogens is 514 g/mol. The van der Waals surface area contributed by atoms with Gasteiger partial charge >= 0.3 is 5.97 Å². The fraction of sp³-hybridized carbons (Fsp3) is 0.323. The number of ether oxygens (including phenoxy) is 1. The van der Waals surface area contributed by atoms with Crippen molar-refractivity contribution in [1.82, 2.24) is 15.3 Å². The van der Waals surface area contributed by atoms with Gasteiger partial charge in [-0.25, -0.2) is 9.97 Å². The number of nitrogens with zero attached hydrogens (tertiary/aromatic N) is 2. The first-order chi connectivity index (χ1) is 18.9. The molecule has 0 fully saturated rings. The van der Waals surface area contributed by atoms with Crippen molar-refractivity contribution >= 4 is 34.2 Å². The molecule has 1 aliphatic carbocycles. The van der Waals surface area contributed by atoms with Gasteiger partial charge in [0.2, 0.25) is 0 Å². The first-order valence-electron chi connectivity index (χ1n) is 13.1. The van der Waals surface area contributed by atoms with Gasteiger partial charge in [0.05, 0.1) is 35.6 Å². The van der Waals surface area contributed by atoms with Crippen molar-refractivity contribution in [3.63, 3.8) is 0 Å². The predicted octanol–water partition coefficient (Wildman–Crippen LogP) is 5.99. The summed E-state index contributed by atoms with van der Waals surface area (Å²) in [5, 5.41) is 25.6. The van der Waals surface area contributed by atoms with Crippen LogP contribution in [-0.4, -0.2) is 33.3 Å². The Morgan fingerprint density at radius 3 is 2.82 bits per heavy atom. The third-order valence-corrected chi connectivity index (χ3v) is 7.15. The van der Waals surface area contributed by atoms with Crippen LogP contribution in [0.3, 0.4) is 0 Å². The van der Waals surface area contributed by atoms with Crippen LogP contribution in [0, 0.1) is 0 Å². The fourth-order valence-corrected chi connectivity index (χ4v) is 5.05. The van der Waals surface area contributed by atoms with Gasteiger partial charge in [-0.1, -0.05) is 66.7 Å². The number of esters is 1. The summed E-state index contributed by atoms with van der Waals surface area (Å²) in [6.07, 6.45) is 7.09. The molecule has 0 bridgehead atoms. The topological polar surface area (TPSA) is 105 Å². The Bertz CT molecular complexity index is 1390. The first-order valence-corrected chi connectivity index (χ1v) is 13.6. The molecule has 4 rings (SSSR count). The number of methoxy groups -OCH3 is 1. The molecule has 3 aromatic rings. The van der Waals surface area contributed by atoms with E-state index in [1.807, 2.05) is 24.3 Å². The fourth-order valence-electron chi connectivity index (χ4n) is 4.98. The molecule has 8 heteroatoms. The SMILES string of the molecule is C=C/C(=C\C=C\Cl)c1nc2ccc(C(O)NC3CCCc4ccccc43)cc2nc1C(O)CCCC(=O)OC. The number of allylic oxidation sites excluding steroid dienone is 4. The van der Waals surface area contributed by atoms with E-state index in [0.29, 0.717) is 46.4 Å². The van der Waals surface area contributed by atoms with E-state index < -0.39 is 12.3 Å². The van der Waals surface area contributed by atoms with Gasteiger partial charge in [-0.05, 0) is 60.9 Å². The standard InChI is InChI=1S/C31H34ClN3O4/c1-3-20(11-8-18-32)29-30(27(36)14-7-15-28(37)39-2)34-26-19-22(16-17-25(26)33-29)31(38)35-24-13-6-10-21-9-4-5-12-23(21)24/h3-5,8-9,11-12,16-19,24,27,31,35-36,38H,1,6-7,10,13-15H2,2H3/b18-8+,20-11+. The summed E-state index contributed by atoms with van der Waals surface area (Å²) in [5.41, 5.74) is 7.19. The number of aliphatic hydroxyl groups is 2. The number of carbonyl (C=O) groups excluding carboxylic acids is 1. The van der Waals surface area contributed by atoms with Crippen LogP contribution < -0.4 is 5.32 Å². The van der Waals surface area contributed by atoms with Crippen LogP contribution in [0.2, 0.25) is 0 Å². The van der Waals surface area contributed by atoms with E-state index in [9.17, 15) is 15.0 Å². The number of aromatic nitrogens is 2. The van der Waals surface area contributed by atoms with Crippen LogP contribution >= 0.6 is 11.6 Å². The molecule has 0 spiro atoms. The molecule has 39 heavy (non-hydrogen) atoms. The number of aryl methyl sites for hydroxylation is 1. The van der Waals surface area contributed by atoms with Crippen molar-refractivity contribution in [3.8, 4) is 0 Å². The lowest BCUT2D eigenvalue weighted by Crippen LogP contribution is -2.29. The summed E-state index contributed by atoms with van der Waals surface area (Å²) in [6.45, 7) is 3.88. The monoisotopic (exact) mass is 547 g/mol. The van der Waals surface area contributed by atoms with Gasteiger partial charge in [-0.2, -0.15) is 0 Å². The Balaban J connectivity index is 1.65. The van der Waals surface area contributed by atoms with Crippen molar-refractivity contribution in [1.29, 1.82) is 0 Å². The van der Waals surface area contributed by atoms with E-state index in [-0.39, 0.29) is 18.4 Å². The Kier molecular flexibility index (Phi) is 10.0. The quantitative estimate of drug-likeness (QED) is 0.154. The Morgan fingerprint density at radius 2 is 2.05 bits per heavy atom. The number of fused-ring (bicyclic) bond motifs is 2. The average Bonchev–Trinajstić information content (AvgIpc) is 2.96. The van der Waals surface area contributed by atoms with Crippen LogP contribution in [0.25, 0.3) is 16.6 Å². The number of aliphatic hydroxyl groups excluding tert-OH is 2. The van der Waals surface area contributed by atoms with Crippen LogP contribution in [0.15, 0.2) is 72.8 Å². The van der Waals surface area contributed by atoms with Crippen molar-refractivity contribution < 1.29 is 19.7 Å². The van der Waals surface area contributed by atoms with Gasteiger partial charge < -0.3 is 14.9 Å². The summed E-state index contributed by atoms with van der Waals surface area (Å²) >= 11 is 5.73. The highest BCUT2D eigenvalue weighted by Gasteiger charge is 2.23. The van der Waals surface area contributed by atoms with Gasteiger partial charge in [0.15, 0.2) is 0 Å². The van der Waals surface area contributed by atoms with Gasteiger partial charge in [-0.15, -0.1) is 0 Å². The van der Waals surface area contributed by atoms with Gasteiger partial charge in [0.1, 0.15) is 6.23 Å². The Morgan fingerprint density at radius 1 is 1.23 bits per heavy atom. The van der Waals surface area contributed by atoms with E-state index in [1.54, 1.807) is 24.3 Å². The largest absolute Gasteiger partial charge is 0.469 e. The summed E-state index contributed by atoms with van der Waals surface area (Å²) in [6, 6.07) is 13.8. The molecule has 3 unspecified atom stereocenters. The number of nitrogens with one attached hydrogen (secondary N) is 1. The van der Waals surface area contributed by atoms with E-state index in [0.717, 1.165) is 19.3 Å². The molecule has 3 atom stereocenters. The second kappa shape index (κ2) is 13.6. The third-order valence-electron chi connectivity index (χ3n) is 7.00. The number of benzene rings is 2. The summed E-state index contributed by atoms with van der Waals surface area (Å²) in [4.78, 5) is 21.1. The molecule has 7 nitrogen and oxygen atoms in total. The number of halogens is 1. The first kappa shape index (κ1) is 28.6.